The normalized spacial score (nSPS) is 10.6. The molecule has 0 aliphatic carbocycles. The van der Waals surface area contributed by atoms with Crippen LogP contribution in [-0.4, -0.2) is 10.9 Å². The van der Waals surface area contributed by atoms with E-state index in [-0.39, 0.29) is 11.1 Å². The molecule has 0 aliphatic rings. The molecule has 0 saturated carbocycles. The first-order valence-electron chi connectivity index (χ1n) is 8.80. The molecule has 0 unspecified atom stereocenters. The van der Waals surface area contributed by atoms with Crippen LogP contribution in [0.3, 0.4) is 0 Å². The zero-order chi connectivity index (χ0) is 19.1. The van der Waals surface area contributed by atoms with Gasteiger partial charge >= 0.3 is 0 Å². The maximum absolute atomic E-state index is 12.3. The standard InChI is InChI=1S/C22H22N2O3/c1-16-11-12-20(22(26)24-16)21(25)23-13-18-9-5-6-10-19(18)15-27-14-17-7-3-2-4-8-17/h2-12H,13-15H2,1H3,(H,23,25)(H,24,26). The summed E-state index contributed by atoms with van der Waals surface area (Å²) in [6, 6.07) is 21.0. The summed E-state index contributed by atoms with van der Waals surface area (Å²) >= 11 is 0. The Hall–Kier alpha value is -3.18. The fourth-order valence-electron chi connectivity index (χ4n) is 2.75. The Bertz CT molecular complexity index is 965. The predicted molar refractivity (Wildman–Crippen MR) is 104 cm³/mol. The van der Waals surface area contributed by atoms with Gasteiger partial charge in [0.1, 0.15) is 5.56 Å². The molecule has 3 rings (SSSR count). The van der Waals surface area contributed by atoms with Crippen LogP contribution in [0.4, 0.5) is 0 Å². The lowest BCUT2D eigenvalue weighted by Crippen LogP contribution is -2.29. The smallest absolute Gasteiger partial charge is 0.260 e. The third-order valence-electron chi connectivity index (χ3n) is 4.23. The lowest BCUT2D eigenvalue weighted by molar-refractivity contribution is 0.0946. The molecule has 5 nitrogen and oxygen atoms in total. The molecule has 1 amide bonds. The topological polar surface area (TPSA) is 71.2 Å². The van der Waals surface area contributed by atoms with Crippen LogP contribution >= 0.6 is 0 Å². The number of rotatable bonds is 7. The van der Waals surface area contributed by atoms with Crippen LogP contribution in [0.15, 0.2) is 71.5 Å². The van der Waals surface area contributed by atoms with Gasteiger partial charge in [-0.1, -0.05) is 54.6 Å². The van der Waals surface area contributed by atoms with E-state index in [0.717, 1.165) is 22.4 Å². The molecule has 0 radical (unpaired) electrons. The predicted octanol–water partition coefficient (Wildman–Crippen LogP) is 3.33. The molecule has 0 atom stereocenters. The SMILES string of the molecule is Cc1ccc(C(=O)NCc2ccccc2COCc2ccccc2)c(=O)[nH]1. The molecule has 0 saturated heterocycles. The minimum absolute atomic E-state index is 0.110. The summed E-state index contributed by atoms with van der Waals surface area (Å²) in [5, 5.41) is 2.81. The average molecular weight is 362 g/mol. The quantitative estimate of drug-likeness (QED) is 0.677. The molecule has 0 spiro atoms. The number of carbonyl (C=O) groups is 1. The molecule has 5 heteroatoms. The van der Waals surface area contributed by atoms with Gasteiger partial charge in [0, 0.05) is 12.2 Å². The van der Waals surface area contributed by atoms with E-state index in [2.05, 4.69) is 10.3 Å². The summed E-state index contributed by atoms with van der Waals surface area (Å²) in [6.07, 6.45) is 0. The largest absolute Gasteiger partial charge is 0.372 e. The Morgan fingerprint density at radius 1 is 0.926 bits per heavy atom. The van der Waals surface area contributed by atoms with Gasteiger partial charge in [-0.05, 0) is 35.7 Å². The van der Waals surface area contributed by atoms with Gasteiger partial charge in [0.25, 0.3) is 11.5 Å². The van der Waals surface area contributed by atoms with Crippen molar-refractivity contribution in [3.05, 3.63) is 105 Å². The molecular weight excluding hydrogens is 340 g/mol. The van der Waals surface area contributed by atoms with Gasteiger partial charge in [-0.15, -0.1) is 0 Å². The molecule has 27 heavy (non-hydrogen) atoms. The summed E-state index contributed by atoms with van der Waals surface area (Å²) in [7, 11) is 0. The third kappa shape index (κ3) is 5.15. The zero-order valence-electron chi connectivity index (χ0n) is 15.2. The van der Waals surface area contributed by atoms with Crippen LogP contribution in [0, 0.1) is 6.92 Å². The number of carbonyl (C=O) groups excluding carboxylic acids is 1. The van der Waals surface area contributed by atoms with Gasteiger partial charge < -0.3 is 15.0 Å². The Morgan fingerprint density at radius 2 is 1.63 bits per heavy atom. The first-order valence-corrected chi connectivity index (χ1v) is 8.80. The van der Waals surface area contributed by atoms with Crippen LogP contribution in [0.1, 0.15) is 32.7 Å². The van der Waals surface area contributed by atoms with Crippen LogP contribution in [-0.2, 0) is 24.5 Å². The van der Waals surface area contributed by atoms with Gasteiger partial charge in [-0.3, -0.25) is 9.59 Å². The van der Waals surface area contributed by atoms with E-state index in [1.165, 1.54) is 0 Å². The second-order valence-electron chi connectivity index (χ2n) is 6.31. The van der Waals surface area contributed by atoms with Crippen molar-refractivity contribution in [3.63, 3.8) is 0 Å². The molecule has 3 aromatic rings. The number of hydrogen-bond acceptors (Lipinski definition) is 3. The van der Waals surface area contributed by atoms with Crippen molar-refractivity contribution < 1.29 is 9.53 Å². The molecular formula is C22H22N2O3. The Labute approximate surface area is 158 Å². The van der Waals surface area contributed by atoms with Crippen molar-refractivity contribution in [2.24, 2.45) is 0 Å². The monoisotopic (exact) mass is 362 g/mol. The van der Waals surface area contributed by atoms with Crippen molar-refractivity contribution in [1.82, 2.24) is 10.3 Å². The van der Waals surface area contributed by atoms with E-state index >= 15 is 0 Å². The molecule has 1 heterocycles. The van der Waals surface area contributed by atoms with Gasteiger partial charge in [0.15, 0.2) is 0 Å². The highest BCUT2D eigenvalue weighted by Gasteiger charge is 2.11. The van der Waals surface area contributed by atoms with Gasteiger partial charge in [-0.25, -0.2) is 0 Å². The van der Waals surface area contributed by atoms with Crippen molar-refractivity contribution in [2.45, 2.75) is 26.7 Å². The molecule has 2 aromatic carbocycles. The summed E-state index contributed by atoms with van der Waals surface area (Å²) in [6.45, 7) is 3.08. The molecule has 0 bridgehead atoms. The summed E-state index contributed by atoms with van der Waals surface area (Å²) in [4.78, 5) is 26.8. The van der Waals surface area contributed by atoms with Gasteiger partial charge in [0.05, 0.1) is 13.2 Å². The highest BCUT2D eigenvalue weighted by Crippen LogP contribution is 2.12. The number of nitrogens with one attached hydrogen (secondary N) is 2. The number of aromatic amines is 1. The van der Waals surface area contributed by atoms with Crippen molar-refractivity contribution in [3.8, 4) is 0 Å². The second-order valence-corrected chi connectivity index (χ2v) is 6.31. The fourth-order valence-corrected chi connectivity index (χ4v) is 2.75. The first-order chi connectivity index (χ1) is 13.1. The number of aryl methyl sites for hydroxylation is 1. The number of amides is 1. The van der Waals surface area contributed by atoms with Crippen LogP contribution in [0.25, 0.3) is 0 Å². The molecule has 138 valence electrons. The lowest BCUT2D eigenvalue weighted by atomic mass is 10.1. The highest BCUT2D eigenvalue weighted by atomic mass is 16.5. The zero-order valence-corrected chi connectivity index (χ0v) is 15.2. The first kappa shape index (κ1) is 18.6. The molecule has 1 aromatic heterocycles. The van der Waals surface area contributed by atoms with Gasteiger partial charge in [-0.2, -0.15) is 0 Å². The van der Waals surface area contributed by atoms with Crippen LogP contribution in [0.2, 0.25) is 0 Å². The Morgan fingerprint density at radius 3 is 2.37 bits per heavy atom. The summed E-state index contributed by atoms with van der Waals surface area (Å²) in [5.41, 5.74) is 3.53. The highest BCUT2D eigenvalue weighted by molar-refractivity contribution is 5.93. The van der Waals surface area contributed by atoms with E-state index in [1.54, 1.807) is 19.1 Å². The van der Waals surface area contributed by atoms with E-state index in [1.807, 2.05) is 54.6 Å². The minimum Gasteiger partial charge on any atom is -0.372 e. The number of pyridine rings is 1. The number of H-pyrrole nitrogens is 1. The number of benzene rings is 2. The average Bonchev–Trinajstić information content (AvgIpc) is 2.68. The van der Waals surface area contributed by atoms with Crippen molar-refractivity contribution in [1.29, 1.82) is 0 Å². The summed E-state index contributed by atoms with van der Waals surface area (Å²) < 4.78 is 5.80. The molecule has 0 fully saturated rings. The van der Waals surface area contributed by atoms with Crippen molar-refractivity contribution >= 4 is 5.91 Å². The number of hydrogen-bond donors (Lipinski definition) is 2. The lowest BCUT2D eigenvalue weighted by Gasteiger charge is -2.11. The molecule has 0 aliphatic heterocycles. The van der Waals surface area contributed by atoms with Crippen molar-refractivity contribution in [2.75, 3.05) is 0 Å². The fraction of sp³-hybridized carbons (Fsp3) is 0.182. The second kappa shape index (κ2) is 8.96. The van der Waals surface area contributed by atoms with Crippen LogP contribution < -0.4 is 10.9 Å². The summed E-state index contributed by atoms with van der Waals surface area (Å²) in [5.74, 6) is -0.392. The van der Waals surface area contributed by atoms with E-state index in [4.69, 9.17) is 4.74 Å². The minimum atomic E-state index is -0.392. The maximum Gasteiger partial charge on any atom is 0.260 e. The number of aromatic nitrogens is 1. The number of ether oxygens (including phenoxy) is 1. The molecule has 2 N–H and O–H groups in total. The van der Waals surface area contributed by atoms with E-state index < -0.39 is 5.91 Å². The Kier molecular flexibility index (Phi) is 6.18. The van der Waals surface area contributed by atoms with E-state index in [0.29, 0.717) is 19.8 Å². The maximum atomic E-state index is 12.3. The van der Waals surface area contributed by atoms with Crippen LogP contribution in [0.5, 0.6) is 0 Å². The van der Waals surface area contributed by atoms with E-state index in [9.17, 15) is 9.59 Å². The third-order valence-corrected chi connectivity index (χ3v) is 4.23. The Balaban J connectivity index is 1.60. The van der Waals surface area contributed by atoms with Gasteiger partial charge in [0.2, 0.25) is 0 Å².